The highest BCUT2D eigenvalue weighted by Gasteiger charge is 2.20. The molecular formula is C17H15ClN4OS3. The van der Waals surface area contributed by atoms with Crippen molar-refractivity contribution < 1.29 is 4.21 Å². The maximum atomic E-state index is 11.5. The highest BCUT2D eigenvalue weighted by molar-refractivity contribution is 8.10. The molecule has 0 fully saturated rings. The van der Waals surface area contributed by atoms with Crippen LogP contribution in [0, 0.1) is 0 Å². The summed E-state index contributed by atoms with van der Waals surface area (Å²) in [7, 11) is -0.973. The van der Waals surface area contributed by atoms with Gasteiger partial charge in [-0.1, -0.05) is 53.7 Å². The van der Waals surface area contributed by atoms with Crippen LogP contribution in [0.1, 0.15) is 0 Å². The molecule has 3 aromatic rings. The molecule has 0 radical (unpaired) electrons. The van der Waals surface area contributed by atoms with Gasteiger partial charge < -0.3 is 5.32 Å². The van der Waals surface area contributed by atoms with Gasteiger partial charge in [0.1, 0.15) is 0 Å². The van der Waals surface area contributed by atoms with Crippen molar-refractivity contribution in [1.29, 1.82) is 0 Å². The Hall–Kier alpha value is -1.74. The molecule has 9 heteroatoms. The van der Waals surface area contributed by atoms with Crippen LogP contribution in [-0.4, -0.2) is 35.4 Å². The van der Waals surface area contributed by atoms with Crippen LogP contribution in [0.2, 0.25) is 5.02 Å². The number of nitrogens with one attached hydrogen (secondary N) is 1. The molecule has 0 amide bonds. The minimum atomic E-state index is -0.973. The van der Waals surface area contributed by atoms with Crippen molar-refractivity contribution in [3.8, 4) is 11.4 Å². The Morgan fingerprint density at radius 1 is 1.19 bits per heavy atom. The quantitative estimate of drug-likeness (QED) is 0.489. The maximum absolute atomic E-state index is 11.5. The van der Waals surface area contributed by atoms with E-state index in [2.05, 4.69) is 15.5 Å². The van der Waals surface area contributed by atoms with Crippen LogP contribution >= 0.6 is 35.6 Å². The van der Waals surface area contributed by atoms with Crippen LogP contribution < -0.4 is 5.32 Å². The second-order valence-electron chi connectivity index (χ2n) is 5.25. The van der Waals surface area contributed by atoms with E-state index in [1.165, 1.54) is 11.8 Å². The second kappa shape index (κ2) is 8.77. The third-order valence-electron chi connectivity index (χ3n) is 3.33. The fourth-order valence-electron chi connectivity index (χ4n) is 2.20. The number of rotatable bonds is 5. The van der Waals surface area contributed by atoms with E-state index in [-0.39, 0.29) is 0 Å². The zero-order valence-electron chi connectivity index (χ0n) is 13.8. The molecule has 0 aliphatic heterocycles. The van der Waals surface area contributed by atoms with Crippen molar-refractivity contribution in [2.45, 2.75) is 5.16 Å². The van der Waals surface area contributed by atoms with Gasteiger partial charge in [0, 0.05) is 28.3 Å². The van der Waals surface area contributed by atoms with Crippen LogP contribution in [0.3, 0.4) is 0 Å². The lowest BCUT2D eigenvalue weighted by atomic mass is 10.2. The third-order valence-corrected chi connectivity index (χ3v) is 6.27. The average Bonchev–Trinajstić information content (AvgIpc) is 3.05. The Morgan fingerprint density at radius 3 is 2.58 bits per heavy atom. The molecule has 0 saturated heterocycles. The van der Waals surface area contributed by atoms with Gasteiger partial charge in [0.15, 0.2) is 16.1 Å². The minimum absolute atomic E-state index is 0.397. The summed E-state index contributed by atoms with van der Waals surface area (Å²) < 4.78 is 13.2. The molecule has 5 nitrogen and oxygen atoms in total. The number of nitrogens with zero attached hydrogens (tertiary/aromatic N) is 3. The molecule has 0 aliphatic rings. The molecule has 0 spiro atoms. The zero-order chi connectivity index (χ0) is 18.5. The number of hydrogen-bond donors (Lipinski definition) is 1. The first-order chi connectivity index (χ1) is 12.6. The number of benzene rings is 2. The molecule has 0 bridgehead atoms. The van der Waals surface area contributed by atoms with E-state index in [1.807, 2.05) is 48.5 Å². The SMILES string of the molecule is CS(=O)CSc1nnc(-c2ccccc2Cl)n1C(=S)Nc1ccccc1. The fraction of sp³-hybridized carbons (Fsp3) is 0.118. The highest BCUT2D eigenvalue weighted by atomic mass is 35.5. The Balaban J connectivity index is 2.01. The summed E-state index contributed by atoms with van der Waals surface area (Å²) in [5.74, 6) is 0.536. The van der Waals surface area contributed by atoms with Gasteiger partial charge in [-0.3, -0.25) is 4.21 Å². The number of para-hydroxylation sites is 1. The second-order valence-corrected chi connectivity index (χ2v) is 8.79. The summed E-state index contributed by atoms with van der Waals surface area (Å²) in [4.78, 5) is 0. The van der Waals surface area contributed by atoms with Gasteiger partial charge >= 0.3 is 0 Å². The maximum Gasteiger partial charge on any atom is 0.198 e. The molecule has 2 aromatic carbocycles. The first-order valence-electron chi connectivity index (χ1n) is 7.56. The van der Waals surface area contributed by atoms with Crippen LogP contribution in [0.4, 0.5) is 5.69 Å². The normalized spacial score (nSPS) is 11.9. The van der Waals surface area contributed by atoms with Gasteiger partial charge in [0.05, 0.1) is 10.1 Å². The van der Waals surface area contributed by atoms with Gasteiger partial charge in [-0.15, -0.1) is 10.2 Å². The van der Waals surface area contributed by atoms with Gasteiger partial charge in [-0.05, 0) is 36.5 Å². The van der Waals surface area contributed by atoms with Crippen LogP contribution in [0.15, 0.2) is 59.8 Å². The number of halogens is 1. The molecule has 26 heavy (non-hydrogen) atoms. The molecule has 1 atom stereocenters. The van der Waals surface area contributed by atoms with Gasteiger partial charge in [-0.25, -0.2) is 4.57 Å². The third kappa shape index (κ3) is 4.50. The Labute approximate surface area is 168 Å². The van der Waals surface area contributed by atoms with Crippen LogP contribution in [-0.2, 0) is 10.8 Å². The lowest BCUT2D eigenvalue weighted by Gasteiger charge is -2.13. The monoisotopic (exact) mass is 422 g/mol. The first kappa shape index (κ1) is 19.0. The number of anilines is 1. The van der Waals surface area contributed by atoms with Crippen molar-refractivity contribution in [2.75, 3.05) is 16.7 Å². The summed E-state index contributed by atoms with van der Waals surface area (Å²) in [5, 5.41) is 13.6. The van der Waals surface area contributed by atoms with Gasteiger partial charge in [0.2, 0.25) is 0 Å². The molecule has 1 heterocycles. The molecule has 1 N–H and O–H groups in total. The first-order valence-corrected chi connectivity index (χ1v) is 11.1. The largest absolute Gasteiger partial charge is 0.332 e. The predicted molar refractivity (Wildman–Crippen MR) is 113 cm³/mol. The summed E-state index contributed by atoms with van der Waals surface area (Å²) in [5.41, 5.74) is 1.58. The van der Waals surface area contributed by atoms with E-state index in [0.29, 0.717) is 26.2 Å². The van der Waals surface area contributed by atoms with E-state index < -0.39 is 10.8 Å². The number of aromatic nitrogens is 3. The smallest absolute Gasteiger partial charge is 0.198 e. The predicted octanol–water partition coefficient (Wildman–Crippen LogP) is 4.27. The Kier molecular flexibility index (Phi) is 6.42. The van der Waals surface area contributed by atoms with Crippen molar-refractivity contribution >= 4 is 57.2 Å². The van der Waals surface area contributed by atoms with E-state index in [0.717, 1.165) is 11.3 Å². The van der Waals surface area contributed by atoms with Crippen molar-refractivity contribution in [3.63, 3.8) is 0 Å². The summed E-state index contributed by atoms with van der Waals surface area (Å²) in [6.07, 6.45) is 1.64. The summed E-state index contributed by atoms with van der Waals surface area (Å²) in [6, 6.07) is 17.0. The van der Waals surface area contributed by atoms with E-state index in [4.69, 9.17) is 23.8 Å². The molecule has 3 rings (SSSR count). The standard InChI is InChI=1S/C17H15ClN4OS3/c1-26(23)11-25-17-21-20-15(13-9-5-6-10-14(13)18)22(17)16(24)19-12-7-3-2-4-8-12/h2-10H,11H2,1H3,(H,19,24). The van der Waals surface area contributed by atoms with Crippen LogP contribution in [0.25, 0.3) is 11.4 Å². The van der Waals surface area contributed by atoms with Gasteiger partial charge in [0.25, 0.3) is 0 Å². The van der Waals surface area contributed by atoms with E-state index in [1.54, 1.807) is 16.9 Å². The molecule has 134 valence electrons. The minimum Gasteiger partial charge on any atom is -0.332 e. The fourth-order valence-corrected chi connectivity index (χ4v) is 4.26. The van der Waals surface area contributed by atoms with E-state index >= 15 is 0 Å². The van der Waals surface area contributed by atoms with Gasteiger partial charge in [-0.2, -0.15) is 0 Å². The van der Waals surface area contributed by atoms with Crippen molar-refractivity contribution in [3.05, 3.63) is 59.6 Å². The summed E-state index contributed by atoms with van der Waals surface area (Å²) >= 11 is 13.3. The van der Waals surface area contributed by atoms with Crippen molar-refractivity contribution in [2.24, 2.45) is 0 Å². The van der Waals surface area contributed by atoms with Crippen molar-refractivity contribution in [1.82, 2.24) is 14.8 Å². The number of thiocarbonyl (C=S) groups is 1. The van der Waals surface area contributed by atoms with E-state index in [9.17, 15) is 4.21 Å². The lowest BCUT2D eigenvalue weighted by molar-refractivity contribution is 0.689. The van der Waals surface area contributed by atoms with Crippen LogP contribution in [0.5, 0.6) is 0 Å². The number of thioether (sulfide) groups is 1. The average molecular weight is 423 g/mol. The lowest BCUT2D eigenvalue weighted by Crippen LogP contribution is -2.21. The molecule has 1 unspecified atom stereocenters. The summed E-state index contributed by atoms with van der Waals surface area (Å²) in [6.45, 7) is 0. The molecular weight excluding hydrogens is 408 g/mol. The molecule has 0 saturated carbocycles. The highest BCUT2D eigenvalue weighted by Crippen LogP contribution is 2.29. The molecule has 1 aromatic heterocycles. The molecule has 0 aliphatic carbocycles. The topological polar surface area (TPSA) is 59.8 Å². The zero-order valence-corrected chi connectivity index (χ0v) is 17.0. The Morgan fingerprint density at radius 2 is 1.88 bits per heavy atom. The number of hydrogen-bond acceptors (Lipinski definition) is 5. The Bertz CT molecular complexity index is 946.